The van der Waals surface area contributed by atoms with Crippen LogP contribution in [0.15, 0.2) is 47.3 Å². The molecule has 1 unspecified atom stereocenters. The number of benzene rings is 2. The highest BCUT2D eigenvalue weighted by Gasteiger charge is 2.31. The standard InChI is InChI=1S/C26H27ClN4O3/c1-4-16-9-7-8-14-30(16)25(32)23-22-18-10-5-6-11-20(18)29(2)24(22)26(33)31(28-23)17-12-13-21(34-3)19(27)15-17/h5-6,10-13,15-16H,4,7-9,14H2,1-3H3. The van der Waals surface area contributed by atoms with Crippen LogP contribution in [0.25, 0.3) is 27.5 Å². The lowest BCUT2D eigenvalue weighted by Crippen LogP contribution is -2.44. The summed E-state index contributed by atoms with van der Waals surface area (Å²) >= 11 is 6.36. The SMILES string of the molecule is CCC1CCCCN1C(=O)c1nn(-c2ccc(OC)c(Cl)c2)c(=O)c2c1c1ccccc1n2C. The summed E-state index contributed by atoms with van der Waals surface area (Å²) in [4.78, 5) is 29.7. The fourth-order valence-corrected chi connectivity index (χ4v) is 5.37. The van der Waals surface area contributed by atoms with E-state index in [2.05, 4.69) is 12.0 Å². The fourth-order valence-electron chi connectivity index (χ4n) is 5.12. The van der Waals surface area contributed by atoms with E-state index in [0.717, 1.165) is 36.6 Å². The summed E-state index contributed by atoms with van der Waals surface area (Å²) in [5, 5.41) is 6.48. The first-order valence-corrected chi connectivity index (χ1v) is 12.0. The lowest BCUT2D eigenvalue weighted by atomic mass is 9.99. The molecule has 0 saturated carbocycles. The number of likely N-dealkylation sites (tertiary alicyclic amines) is 1. The van der Waals surface area contributed by atoms with Crippen molar-refractivity contribution in [2.45, 2.75) is 38.6 Å². The Morgan fingerprint density at radius 1 is 1.21 bits per heavy atom. The van der Waals surface area contributed by atoms with Gasteiger partial charge >= 0.3 is 0 Å². The van der Waals surface area contributed by atoms with Gasteiger partial charge in [0.05, 0.1) is 17.8 Å². The molecule has 34 heavy (non-hydrogen) atoms. The van der Waals surface area contributed by atoms with Gasteiger partial charge in [-0.15, -0.1) is 0 Å². The average molecular weight is 479 g/mol. The first-order valence-electron chi connectivity index (χ1n) is 11.6. The molecule has 7 nitrogen and oxygen atoms in total. The van der Waals surface area contributed by atoms with Crippen LogP contribution in [0.5, 0.6) is 5.75 Å². The zero-order valence-corrected chi connectivity index (χ0v) is 20.3. The van der Waals surface area contributed by atoms with Crippen LogP contribution in [0.1, 0.15) is 43.1 Å². The minimum absolute atomic E-state index is 0.138. The molecule has 176 valence electrons. The summed E-state index contributed by atoms with van der Waals surface area (Å²) in [7, 11) is 3.38. The van der Waals surface area contributed by atoms with Gasteiger partial charge in [-0.3, -0.25) is 9.59 Å². The summed E-state index contributed by atoms with van der Waals surface area (Å²) in [6.07, 6.45) is 3.95. The molecular weight excluding hydrogens is 452 g/mol. The van der Waals surface area contributed by atoms with Crippen molar-refractivity contribution in [2.24, 2.45) is 7.05 Å². The smallest absolute Gasteiger partial charge is 0.296 e. The van der Waals surface area contributed by atoms with Crippen molar-refractivity contribution in [3.63, 3.8) is 0 Å². The number of aryl methyl sites for hydroxylation is 1. The first-order chi connectivity index (χ1) is 16.5. The molecule has 0 spiro atoms. The molecule has 0 aliphatic carbocycles. The van der Waals surface area contributed by atoms with Crippen molar-refractivity contribution in [2.75, 3.05) is 13.7 Å². The maximum absolute atomic E-state index is 14.0. The van der Waals surface area contributed by atoms with E-state index in [1.807, 2.05) is 40.8 Å². The Bertz CT molecular complexity index is 1470. The summed E-state index contributed by atoms with van der Waals surface area (Å²) in [6.45, 7) is 2.80. The molecule has 1 fully saturated rings. The minimum atomic E-state index is -0.308. The number of hydrogen-bond acceptors (Lipinski definition) is 4. The predicted molar refractivity (Wildman–Crippen MR) is 134 cm³/mol. The van der Waals surface area contributed by atoms with Crippen molar-refractivity contribution in [1.29, 1.82) is 0 Å². The molecule has 8 heteroatoms. The van der Waals surface area contributed by atoms with E-state index in [-0.39, 0.29) is 17.5 Å². The molecule has 5 rings (SSSR count). The third kappa shape index (κ3) is 3.46. The van der Waals surface area contributed by atoms with E-state index < -0.39 is 0 Å². The average Bonchev–Trinajstić information content (AvgIpc) is 3.17. The third-order valence-corrected chi connectivity index (χ3v) is 7.18. The number of hydrogen-bond donors (Lipinski definition) is 0. The number of carbonyl (C=O) groups is 1. The number of aromatic nitrogens is 3. The van der Waals surface area contributed by atoms with Gasteiger partial charge in [-0.25, -0.2) is 0 Å². The zero-order chi connectivity index (χ0) is 24.0. The van der Waals surface area contributed by atoms with Crippen molar-refractivity contribution >= 4 is 39.3 Å². The van der Waals surface area contributed by atoms with Gasteiger partial charge in [0.2, 0.25) is 0 Å². The fraction of sp³-hybridized carbons (Fsp3) is 0.346. The summed E-state index contributed by atoms with van der Waals surface area (Å²) in [6, 6.07) is 13.0. The van der Waals surface area contributed by atoms with E-state index in [1.165, 1.54) is 11.8 Å². The molecule has 1 saturated heterocycles. The van der Waals surface area contributed by atoms with Gasteiger partial charge in [0, 0.05) is 35.9 Å². The van der Waals surface area contributed by atoms with E-state index in [4.69, 9.17) is 16.3 Å². The number of amides is 1. The van der Waals surface area contributed by atoms with E-state index in [9.17, 15) is 9.59 Å². The quantitative estimate of drug-likeness (QED) is 0.416. The maximum Gasteiger partial charge on any atom is 0.296 e. The van der Waals surface area contributed by atoms with Gasteiger partial charge in [-0.2, -0.15) is 9.78 Å². The predicted octanol–water partition coefficient (Wildman–Crippen LogP) is 4.94. The van der Waals surface area contributed by atoms with Gasteiger partial charge in [-0.05, 0) is 49.9 Å². The van der Waals surface area contributed by atoms with Gasteiger partial charge in [0.15, 0.2) is 5.69 Å². The van der Waals surface area contributed by atoms with E-state index in [0.29, 0.717) is 39.6 Å². The number of carbonyl (C=O) groups excluding carboxylic acids is 1. The Balaban J connectivity index is 1.82. The first kappa shape index (κ1) is 22.5. The highest BCUT2D eigenvalue weighted by molar-refractivity contribution is 6.32. The van der Waals surface area contributed by atoms with Crippen LogP contribution in [-0.4, -0.2) is 44.9 Å². The number of ether oxygens (including phenoxy) is 1. The Hall–Kier alpha value is -3.32. The molecule has 4 aromatic rings. The summed E-state index contributed by atoms with van der Waals surface area (Å²) < 4.78 is 8.39. The van der Waals surface area contributed by atoms with Crippen LogP contribution in [0.3, 0.4) is 0 Å². The van der Waals surface area contributed by atoms with Crippen LogP contribution in [0.4, 0.5) is 0 Å². The Morgan fingerprint density at radius 2 is 2.00 bits per heavy atom. The Kier molecular flexibility index (Phi) is 5.81. The molecule has 1 aliphatic heterocycles. The highest BCUT2D eigenvalue weighted by Crippen LogP contribution is 2.31. The molecule has 1 atom stereocenters. The maximum atomic E-state index is 14.0. The van der Waals surface area contributed by atoms with E-state index in [1.54, 1.807) is 18.2 Å². The number of rotatable bonds is 4. The van der Waals surface area contributed by atoms with Crippen molar-refractivity contribution in [3.05, 3.63) is 63.5 Å². The second kappa shape index (κ2) is 8.80. The second-order valence-corrected chi connectivity index (χ2v) is 9.15. The van der Waals surface area contributed by atoms with Crippen LogP contribution in [0, 0.1) is 0 Å². The largest absolute Gasteiger partial charge is 0.495 e. The number of fused-ring (bicyclic) bond motifs is 3. The highest BCUT2D eigenvalue weighted by atomic mass is 35.5. The van der Waals surface area contributed by atoms with Crippen LogP contribution < -0.4 is 10.3 Å². The number of piperidine rings is 1. The topological polar surface area (TPSA) is 69.4 Å². The van der Waals surface area contributed by atoms with Crippen LogP contribution >= 0.6 is 11.6 Å². The van der Waals surface area contributed by atoms with Crippen molar-refractivity contribution in [3.8, 4) is 11.4 Å². The van der Waals surface area contributed by atoms with Crippen LogP contribution in [-0.2, 0) is 7.05 Å². The van der Waals surface area contributed by atoms with Crippen molar-refractivity contribution in [1.82, 2.24) is 19.2 Å². The van der Waals surface area contributed by atoms with Gasteiger partial charge in [-0.1, -0.05) is 36.7 Å². The molecule has 1 amide bonds. The molecule has 1 aliphatic rings. The lowest BCUT2D eigenvalue weighted by Gasteiger charge is -2.35. The van der Waals surface area contributed by atoms with Gasteiger partial charge in [0.25, 0.3) is 11.5 Å². The zero-order valence-electron chi connectivity index (χ0n) is 19.5. The second-order valence-electron chi connectivity index (χ2n) is 8.74. The Morgan fingerprint density at radius 3 is 2.74 bits per heavy atom. The van der Waals surface area contributed by atoms with Gasteiger partial charge < -0.3 is 14.2 Å². The number of halogens is 1. The molecule has 0 bridgehead atoms. The lowest BCUT2D eigenvalue weighted by molar-refractivity contribution is 0.0602. The van der Waals surface area contributed by atoms with Crippen molar-refractivity contribution < 1.29 is 9.53 Å². The molecular formula is C26H27ClN4O3. The summed E-state index contributed by atoms with van der Waals surface area (Å²) in [5.74, 6) is 0.362. The molecule has 3 heterocycles. The minimum Gasteiger partial charge on any atom is -0.495 e. The van der Waals surface area contributed by atoms with Crippen LogP contribution in [0.2, 0.25) is 5.02 Å². The normalized spacial score (nSPS) is 16.4. The molecule has 2 aromatic carbocycles. The number of methoxy groups -OCH3 is 1. The van der Waals surface area contributed by atoms with E-state index >= 15 is 0 Å². The Labute approximate surface area is 202 Å². The molecule has 2 aromatic heterocycles. The number of para-hydroxylation sites is 1. The monoisotopic (exact) mass is 478 g/mol. The molecule has 0 radical (unpaired) electrons. The molecule has 0 N–H and O–H groups in total. The number of nitrogens with zero attached hydrogens (tertiary/aromatic N) is 4. The summed E-state index contributed by atoms with van der Waals surface area (Å²) in [5.41, 5.74) is 1.77. The van der Waals surface area contributed by atoms with Gasteiger partial charge in [0.1, 0.15) is 11.3 Å². The third-order valence-electron chi connectivity index (χ3n) is 6.88.